The van der Waals surface area contributed by atoms with Gasteiger partial charge in [-0.1, -0.05) is 42.5 Å². The van der Waals surface area contributed by atoms with Gasteiger partial charge in [0.25, 0.3) is 5.91 Å². The minimum absolute atomic E-state index is 0.0524. The number of fused-ring (bicyclic) bond motifs is 1. The third-order valence-electron chi connectivity index (χ3n) is 5.86. The van der Waals surface area contributed by atoms with E-state index in [4.69, 9.17) is 5.11 Å². The second-order valence-electron chi connectivity index (χ2n) is 7.91. The van der Waals surface area contributed by atoms with Gasteiger partial charge in [0.05, 0.1) is 6.61 Å². The largest absolute Gasteiger partial charge is 0.395 e. The Morgan fingerprint density at radius 1 is 1.10 bits per heavy atom. The van der Waals surface area contributed by atoms with Crippen molar-refractivity contribution in [2.45, 2.75) is 25.4 Å². The third kappa shape index (κ3) is 4.48. The summed E-state index contributed by atoms with van der Waals surface area (Å²) < 4.78 is 0. The Hall–Kier alpha value is -2.89. The number of aliphatic hydroxyl groups excluding tert-OH is 1. The van der Waals surface area contributed by atoms with E-state index >= 15 is 0 Å². The Kier molecular flexibility index (Phi) is 6.31. The molecule has 1 aliphatic heterocycles. The predicted molar refractivity (Wildman–Crippen MR) is 122 cm³/mol. The van der Waals surface area contributed by atoms with Crippen molar-refractivity contribution < 1.29 is 9.90 Å². The molecule has 1 aliphatic rings. The van der Waals surface area contributed by atoms with Crippen LogP contribution < -0.4 is 15.5 Å². The number of benzene rings is 3. The van der Waals surface area contributed by atoms with E-state index in [1.807, 2.05) is 24.3 Å². The fourth-order valence-electron chi connectivity index (χ4n) is 4.30. The maximum absolute atomic E-state index is 12.0. The zero-order valence-corrected chi connectivity index (χ0v) is 17.3. The molecule has 1 saturated heterocycles. The first-order valence-electron chi connectivity index (χ1n) is 10.6. The molecule has 3 N–H and O–H groups in total. The van der Waals surface area contributed by atoms with E-state index in [1.54, 1.807) is 0 Å². The summed E-state index contributed by atoms with van der Waals surface area (Å²) in [6, 6.07) is 23.5. The number of hydrogen-bond donors (Lipinski definition) is 3. The highest BCUT2D eigenvalue weighted by Gasteiger charge is 2.24. The van der Waals surface area contributed by atoms with Crippen LogP contribution >= 0.6 is 0 Å². The Balaban J connectivity index is 1.38. The minimum Gasteiger partial charge on any atom is -0.395 e. The van der Waals surface area contributed by atoms with Gasteiger partial charge in [-0.2, -0.15) is 0 Å². The summed E-state index contributed by atoms with van der Waals surface area (Å²) in [7, 11) is 0. The number of aliphatic hydroxyl groups is 1. The maximum Gasteiger partial charge on any atom is 0.251 e. The summed E-state index contributed by atoms with van der Waals surface area (Å²) in [6.07, 6.45) is 1.09. The van der Waals surface area contributed by atoms with Crippen molar-refractivity contribution >= 4 is 22.4 Å². The van der Waals surface area contributed by atoms with Gasteiger partial charge >= 0.3 is 0 Å². The fraction of sp³-hybridized carbons (Fsp3) is 0.320. The van der Waals surface area contributed by atoms with E-state index in [0.29, 0.717) is 11.6 Å². The fourth-order valence-corrected chi connectivity index (χ4v) is 4.30. The quantitative estimate of drug-likeness (QED) is 0.565. The van der Waals surface area contributed by atoms with Gasteiger partial charge in [0.2, 0.25) is 0 Å². The van der Waals surface area contributed by atoms with Crippen LogP contribution in [0.1, 0.15) is 35.3 Å². The first-order valence-corrected chi connectivity index (χ1v) is 10.6. The topological polar surface area (TPSA) is 64.6 Å². The molecule has 0 saturated carbocycles. The highest BCUT2D eigenvalue weighted by molar-refractivity contribution is 5.94. The molecule has 3 aromatic rings. The van der Waals surface area contributed by atoms with Gasteiger partial charge in [0.15, 0.2) is 0 Å². The van der Waals surface area contributed by atoms with Crippen molar-refractivity contribution in [1.82, 2.24) is 10.6 Å². The summed E-state index contributed by atoms with van der Waals surface area (Å²) >= 11 is 0. The summed E-state index contributed by atoms with van der Waals surface area (Å²) in [5.74, 6) is -0.152. The Labute approximate surface area is 177 Å². The molecule has 1 amide bonds. The van der Waals surface area contributed by atoms with Gasteiger partial charge in [-0.25, -0.2) is 0 Å². The summed E-state index contributed by atoms with van der Waals surface area (Å²) in [4.78, 5) is 14.4. The average molecular weight is 404 g/mol. The molecular weight excluding hydrogens is 374 g/mol. The lowest BCUT2D eigenvalue weighted by molar-refractivity contribution is 0.0945. The van der Waals surface area contributed by atoms with E-state index in [2.05, 4.69) is 64.9 Å². The van der Waals surface area contributed by atoms with Crippen molar-refractivity contribution in [2.75, 3.05) is 31.1 Å². The Morgan fingerprint density at radius 2 is 1.87 bits per heavy atom. The van der Waals surface area contributed by atoms with Crippen molar-refractivity contribution in [1.29, 1.82) is 0 Å². The van der Waals surface area contributed by atoms with Gasteiger partial charge in [-0.3, -0.25) is 4.79 Å². The molecule has 4 rings (SSSR count). The molecule has 5 nitrogen and oxygen atoms in total. The van der Waals surface area contributed by atoms with E-state index in [0.717, 1.165) is 25.2 Å². The van der Waals surface area contributed by atoms with E-state index in [9.17, 15) is 4.79 Å². The number of anilines is 1. The summed E-state index contributed by atoms with van der Waals surface area (Å²) in [5.41, 5.74) is 3.09. The number of hydrogen-bond acceptors (Lipinski definition) is 4. The Morgan fingerprint density at radius 3 is 2.67 bits per heavy atom. The molecule has 5 heteroatoms. The van der Waals surface area contributed by atoms with Crippen molar-refractivity contribution in [3.63, 3.8) is 0 Å². The van der Waals surface area contributed by atoms with Crippen LogP contribution in [-0.2, 0) is 0 Å². The predicted octanol–water partition coefficient (Wildman–Crippen LogP) is 3.49. The molecular formula is C25H29N3O2. The lowest BCUT2D eigenvalue weighted by Gasteiger charge is -2.23. The van der Waals surface area contributed by atoms with Crippen LogP contribution in [0, 0.1) is 0 Å². The molecule has 0 aliphatic carbocycles. The second kappa shape index (κ2) is 9.28. The molecule has 1 heterocycles. The molecule has 0 bridgehead atoms. The zero-order valence-electron chi connectivity index (χ0n) is 17.3. The first-order chi connectivity index (χ1) is 14.7. The zero-order chi connectivity index (χ0) is 20.9. The molecule has 156 valence electrons. The SMILES string of the molecule is C[C@@H](N[C@H]1CCN(c2ccc(C(=O)NCCO)cc2)C1)c1cccc2ccccc12. The smallest absolute Gasteiger partial charge is 0.251 e. The minimum atomic E-state index is -0.152. The van der Waals surface area contributed by atoms with Crippen molar-refractivity contribution in [3.05, 3.63) is 77.9 Å². The first kappa shape index (κ1) is 20.4. The van der Waals surface area contributed by atoms with E-state index < -0.39 is 0 Å². The monoisotopic (exact) mass is 403 g/mol. The number of nitrogens with one attached hydrogen (secondary N) is 2. The van der Waals surface area contributed by atoms with E-state index in [-0.39, 0.29) is 25.1 Å². The van der Waals surface area contributed by atoms with E-state index in [1.165, 1.54) is 16.3 Å². The summed E-state index contributed by atoms with van der Waals surface area (Å²) in [6.45, 7) is 4.41. The van der Waals surface area contributed by atoms with Gasteiger partial charge in [-0.05, 0) is 53.9 Å². The van der Waals surface area contributed by atoms with Crippen LogP contribution in [0.2, 0.25) is 0 Å². The van der Waals surface area contributed by atoms with Gasteiger partial charge in [-0.15, -0.1) is 0 Å². The number of rotatable bonds is 7. The van der Waals surface area contributed by atoms with Crippen molar-refractivity contribution in [3.8, 4) is 0 Å². The van der Waals surface area contributed by atoms with Crippen LogP contribution in [0.5, 0.6) is 0 Å². The molecule has 2 atom stereocenters. The number of amides is 1. The molecule has 0 aromatic heterocycles. The van der Waals surface area contributed by atoms with Crippen LogP contribution in [0.4, 0.5) is 5.69 Å². The second-order valence-corrected chi connectivity index (χ2v) is 7.91. The van der Waals surface area contributed by atoms with Crippen LogP contribution in [0.25, 0.3) is 10.8 Å². The maximum atomic E-state index is 12.0. The number of nitrogens with zero attached hydrogens (tertiary/aromatic N) is 1. The average Bonchev–Trinajstić information content (AvgIpc) is 3.25. The molecule has 1 fully saturated rings. The van der Waals surface area contributed by atoms with Crippen LogP contribution in [0.3, 0.4) is 0 Å². The van der Waals surface area contributed by atoms with Crippen LogP contribution in [0.15, 0.2) is 66.7 Å². The highest BCUT2D eigenvalue weighted by atomic mass is 16.3. The van der Waals surface area contributed by atoms with Crippen molar-refractivity contribution in [2.24, 2.45) is 0 Å². The Bertz CT molecular complexity index is 997. The van der Waals surface area contributed by atoms with Gasteiger partial charge < -0.3 is 20.6 Å². The van der Waals surface area contributed by atoms with Crippen LogP contribution in [-0.4, -0.2) is 43.3 Å². The lowest BCUT2D eigenvalue weighted by atomic mass is 9.99. The molecule has 3 aromatic carbocycles. The number of carbonyl (C=O) groups excluding carboxylic acids is 1. The molecule has 0 unspecified atom stereocenters. The number of carbonyl (C=O) groups is 1. The molecule has 0 radical (unpaired) electrons. The van der Waals surface area contributed by atoms with Gasteiger partial charge in [0, 0.05) is 43.0 Å². The highest BCUT2D eigenvalue weighted by Crippen LogP contribution is 2.26. The van der Waals surface area contributed by atoms with Gasteiger partial charge in [0.1, 0.15) is 0 Å². The third-order valence-corrected chi connectivity index (χ3v) is 5.86. The summed E-state index contributed by atoms with van der Waals surface area (Å²) in [5, 5.41) is 17.9. The molecule has 30 heavy (non-hydrogen) atoms. The molecule has 0 spiro atoms. The standard InChI is InChI=1S/C25H29N3O2/c1-18(23-8-4-6-19-5-2-3-7-24(19)23)27-21-13-15-28(17-21)22-11-9-20(10-12-22)25(30)26-14-16-29/h2-12,18,21,27,29H,13-17H2,1H3,(H,26,30)/t18-,21+/m1/s1. The normalized spacial score (nSPS) is 17.3. The lowest BCUT2D eigenvalue weighted by Crippen LogP contribution is -2.34.